The minimum absolute atomic E-state index is 0.0345. The van der Waals surface area contributed by atoms with E-state index in [4.69, 9.17) is 14.6 Å². The van der Waals surface area contributed by atoms with E-state index < -0.39 is 5.97 Å². The predicted octanol–water partition coefficient (Wildman–Crippen LogP) is 3.42. The minimum Gasteiger partial charge on any atom is -0.478 e. The van der Waals surface area contributed by atoms with Crippen LogP contribution in [-0.4, -0.2) is 17.9 Å². The zero-order valence-electron chi connectivity index (χ0n) is 11.4. The average Bonchev–Trinajstić information content (AvgIpc) is 2.38. The number of hydrogen-bond donors (Lipinski definition) is 1. The topological polar surface area (TPSA) is 55.8 Å². The van der Waals surface area contributed by atoms with Crippen molar-refractivity contribution in [2.45, 2.75) is 13.8 Å². The first-order valence-corrected chi connectivity index (χ1v) is 6.22. The number of hydrogen-bond acceptors (Lipinski definition) is 3. The fourth-order valence-corrected chi connectivity index (χ4v) is 1.95. The van der Waals surface area contributed by atoms with E-state index in [2.05, 4.69) is 0 Å². The van der Waals surface area contributed by atoms with E-state index in [0.29, 0.717) is 11.5 Å². The highest BCUT2D eigenvalue weighted by Crippen LogP contribution is 2.19. The van der Waals surface area contributed by atoms with Crippen LogP contribution in [0.15, 0.2) is 42.5 Å². The van der Waals surface area contributed by atoms with E-state index >= 15 is 0 Å². The van der Waals surface area contributed by atoms with Crippen molar-refractivity contribution < 1.29 is 19.4 Å². The predicted molar refractivity (Wildman–Crippen MR) is 75.4 cm³/mol. The summed E-state index contributed by atoms with van der Waals surface area (Å²) in [6.45, 7) is 3.94. The van der Waals surface area contributed by atoms with Crippen molar-refractivity contribution in [1.82, 2.24) is 0 Å². The minimum atomic E-state index is -1.02. The van der Waals surface area contributed by atoms with Crippen molar-refractivity contribution >= 4 is 5.97 Å². The molecule has 0 radical (unpaired) electrons. The van der Waals surface area contributed by atoms with Gasteiger partial charge in [0.1, 0.15) is 17.1 Å². The molecule has 4 nitrogen and oxygen atoms in total. The smallest absolute Gasteiger partial charge is 0.339 e. The molecule has 0 bridgehead atoms. The van der Waals surface area contributed by atoms with Crippen LogP contribution >= 0.6 is 0 Å². The van der Waals surface area contributed by atoms with Gasteiger partial charge >= 0.3 is 5.97 Å². The lowest BCUT2D eigenvalue weighted by molar-refractivity contribution is 0.0682. The van der Waals surface area contributed by atoms with Gasteiger partial charge in [0.25, 0.3) is 0 Å². The first-order chi connectivity index (χ1) is 9.56. The number of carbonyl (C=O) groups is 1. The van der Waals surface area contributed by atoms with Gasteiger partial charge in [0.2, 0.25) is 6.79 Å². The van der Waals surface area contributed by atoms with Gasteiger partial charge in [-0.15, -0.1) is 0 Å². The largest absolute Gasteiger partial charge is 0.478 e. The first-order valence-electron chi connectivity index (χ1n) is 6.22. The van der Waals surface area contributed by atoms with Crippen molar-refractivity contribution in [2.24, 2.45) is 0 Å². The molecule has 0 heterocycles. The van der Waals surface area contributed by atoms with Crippen LogP contribution < -0.4 is 9.47 Å². The van der Waals surface area contributed by atoms with E-state index in [1.165, 1.54) is 6.07 Å². The quantitative estimate of drug-likeness (QED) is 0.847. The standard InChI is InChI=1S/C16H16O4/c1-11-7-12(2)9-13(8-11)19-10-20-15-6-4-3-5-14(15)16(17)18/h3-9H,10H2,1-2H3,(H,17,18). The van der Waals surface area contributed by atoms with E-state index in [1.54, 1.807) is 18.2 Å². The molecule has 0 amide bonds. The molecule has 2 aromatic rings. The van der Waals surface area contributed by atoms with E-state index in [9.17, 15) is 4.79 Å². The highest BCUT2D eigenvalue weighted by atomic mass is 16.7. The molecule has 0 aliphatic heterocycles. The third-order valence-electron chi connectivity index (χ3n) is 2.75. The summed E-state index contributed by atoms with van der Waals surface area (Å²) < 4.78 is 10.9. The SMILES string of the molecule is Cc1cc(C)cc(OCOc2ccccc2C(=O)O)c1. The van der Waals surface area contributed by atoms with Gasteiger partial charge in [0.15, 0.2) is 0 Å². The Hall–Kier alpha value is -2.49. The maximum atomic E-state index is 11.0. The van der Waals surface area contributed by atoms with Gasteiger partial charge in [-0.05, 0) is 49.2 Å². The van der Waals surface area contributed by atoms with Crippen LogP contribution in [-0.2, 0) is 0 Å². The van der Waals surface area contributed by atoms with Crippen molar-refractivity contribution in [3.05, 3.63) is 59.2 Å². The molecule has 0 saturated heterocycles. The Labute approximate surface area is 117 Å². The van der Waals surface area contributed by atoms with Gasteiger partial charge in [-0.3, -0.25) is 0 Å². The van der Waals surface area contributed by atoms with Crippen molar-refractivity contribution in [2.75, 3.05) is 6.79 Å². The Kier molecular flexibility index (Phi) is 4.25. The Bertz CT molecular complexity index is 599. The number of aromatic carboxylic acids is 1. The molecule has 0 fully saturated rings. The maximum absolute atomic E-state index is 11.0. The fourth-order valence-electron chi connectivity index (χ4n) is 1.95. The molecule has 0 atom stereocenters. The summed E-state index contributed by atoms with van der Waals surface area (Å²) in [4.78, 5) is 11.0. The van der Waals surface area contributed by atoms with Gasteiger partial charge in [-0.2, -0.15) is 0 Å². The second kappa shape index (κ2) is 6.10. The van der Waals surface area contributed by atoms with Crippen LogP contribution in [0.5, 0.6) is 11.5 Å². The molecule has 4 heteroatoms. The van der Waals surface area contributed by atoms with Crippen LogP contribution in [0.4, 0.5) is 0 Å². The summed E-state index contributed by atoms with van der Waals surface area (Å²) in [5.41, 5.74) is 2.33. The molecule has 1 N–H and O–H groups in total. The number of benzene rings is 2. The summed E-state index contributed by atoms with van der Waals surface area (Å²) in [6, 6.07) is 12.3. The van der Waals surface area contributed by atoms with Crippen LogP contribution in [0.1, 0.15) is 21.5 Å². The van der Waals surface area contributed by atoms with Crippen molar-refractivity contribution in [3.63, 3.8) is 0 Å². The number of aryl methyl sites for hydroxylation is 2. The molecular formula is C16H16O4. The summed E-state index contributed by atoms with van der Waals surface area (Å²) in [6.07, 6.45) is 0. The third-order valence-corrected chi connectivity index (χ3v) is 2.75. The lowest BCUT2D eigenvalue weighted by atomic mass is 10.1. The zero-order chi connectivity index (χ0) is 14.5. The number of para-hydroxylation sites is 1. The summed E-state index contributed by atoms with van der Waals surface area (Å²) in [5, 5.41) is 9.03. The number of carboxylic acid groups (broad SMARTS) is 1. The second-order valence-electron chi connectivity index (χ2n) is 4.53. The summed E-state index contributed by atoms with van der Waals surface area (Å²) >= 11 is 0. The Balaban J connectivity index is 2.01. The van der Waals surface area contributed by atoms with Crippen LogP contribution in [0.2, 0.25) is 0 Å². The summed E-state index contributed by atoms with van der Waals surface area (Å²) in [5.74, 6) is -0.0216. The lowest BCUT2D eigenvalue weighted by Crippen LogP contribution is -2.09. The molecule has 2 rings (SSSR count). The normalized spacial score (nSPS) is 10.1. The van der Waals surface area contributed by atoms with Crippen LogP contribution in [0, 0.1) is 13.8 Å². The van der Waals surface area contributed by atoms with Gasteiger partial charge < -0.3 is 14.6 Å². The van der Waals surface area contributed by atoms with E-state index in [1.807, 2.05) is 32.0 Å². The highest BCUT2D eigenvalue weighted by Gasteiger charge is 2.10. The monoisotopic (exact) mass is 272 g/mol. The van der Waals surface area contributed by atoms with E-state index in [0.717, 1.165) is 11.1 Å². The first kappa shape index (κ1) is 13.9. The molecule has 0 spiro atoms. The molecular weight excluding hydrogens is 256 g/mol. The molecule has 20 heavy (non-hydrogen) atoms. The van der Waals surface area contributed by atoms with Crippen LogP contribution in [0.3, 0.4) is 0 Å². The molecule has 0 aromatic heterocycles. The fraction of sp³-hybridized carbons (Fsp3) is 0.188. The number of carboxylic acids is 1. The van der Waals surface area contributed by atoms with E-state index in [-0.39, 0.29) is 12.4 Å². The number of rotatable bonds is 5. The zero-order valence-corrected chi connectivity index (χ0v) is 11.4. The lowest BCUT2D eigenvalue weighted by Gasteiger charge is -2.11. The Morgan fingerprint density at radius 3 is 2.35 bits per heavy atom. The van der Waals surface area contributed by atoms with Gasteiger partial charge in [0, 0.05) is 0 Å². The molecule has 0 saturated carbocycles. The van der Waals surface area contributed by atoms with Gasteiger partial charge in [-0.25, -0.2) is 4.79 Å². The average molecular weight is 272 g/mol. The number of ether oxygens (including phenoxy) is 2. The van der Waals surface area contributed by atoms with Gasteiger partial charge in [-0.1, -0.05) is 18.2 Å². The summed E-state index contributed by atoms with van der Waals surface area (Å²) in [7, 11) is 0. The van der Waals surface area contributed by atoms with Crippen LogP contribution in [0.25, 0.3) is 0 Å². The molecule has 0 aliphatic rings. The Morgan fingerprint density at radius 2 is 1.70 bits per heavy atom. The van der Waals surface area contributed by atoms with Crippen molar-refractivity contribution in [3.8, 4) is 11.5 Å². The third kappa shape index (κ3) is 3.51. The second-order valence-corrected chi connectivity index (χ2v) is 4.53. The highest BCUT2D eigenvalue weighted by molar-refractivity contribution is 5.90. The molecule has 2 aromatic carbocycles. The molecule has 0 aliphatic carbocycles. The molecule has 104 valence electrons. The molecule has 0 unspecified atom stereocenters. The van der Waals surface area contributed by atoms with Crippen molar-refractivity contribution in [1.29, 1.82) is 0 Å². The maximum Gasteiger partial charge on any atom is 0.339 e. The Morgan fingerprint density at radius 1 is 1.05 bits per heavy atom. The van der Waals surface area contributed by atoms with Gasteiger partial charge in [0.05, 0.1) is 0 Å².